The van der Waals surface area contributed by atoms with Crippen molar-refractivity contribution in [3.8, 4) is 0 Å². The van der Waals surface area contributed by atoms with Gasteiger partial charge in [-0.3, -0.25) is 4.99 Å². The summed E-state index contributed by atoms with van der Waals surface area (Å²) in [6.07, 6.45) is 8.31. The third-order valence-electron chi connectivity index (χ3n) is 6.05. The number of pyridine rings is 1. The van der Waals surface area contributed by atoms with E-state index < -0.39 is 0 Å². The number of hydrogen-bond acceptors (Lipinski definition) is 3. The number of nitrogens with zero attached hydrogens (tertiary/aromatic N) is 2. The van der Waals surface area contributed by atoms with E-state index in [4.69, 9.17) is 16.3 Å². The molecule has 1 aliphatic heterocycles. The highest BCUT2D eigenvalue weighted by Gasteiger charge is 2.66. The van der Waals surface area contributed by atoms with Crippen LogP contribution in [0.3, 0.4) is 0 Å². The second-order valence-electron chi connectivity index (χ2n) is 7.19. The molecule has 138 valence electrons. The van der Waals surface area contributed by atoms with Gasteiger partial charge in [-0.1, -0.05) is 24.1 Å². The number of nitrogens with one attached hydrogen (secondary N) is 2. The first-order valence-corrected chi connectivity index (χ1v) is 9.30. The fourth-order valence-electron chi connectivity index (χ4n) is 4.68. The molecule has 25 heavy (non-hydrogen) atoms. The van der Waals surface area contributed by atoms with Gasteiger partial charge in [0.05, 0.1) is 6.10 Å². The van der Waals surface area contributed by atoms with E-state index in [-0.39, 0.29) is 24.0 Å². The molecule has 3 aliphatic rings. The maximum absolute atomic E-state index is 5.99. The Bertz CT molecular complexity index is 620. The lowest BCUT2D eigenvalue weighted by molar-refractivity contribution is -0.171. The molecule has 0 amide bonds. The van der Waals surface area contributed by atoms with Crippen molar-refractivity contribution in [1.29, 1.82) is 0 Å². The average molecular weight is 477 g/mol. The maximum atomic E-state index is 5.99. The SMILES string of the molecule is CN=C(NCCc1ccc(Cl)nc1)NC1C2CCOC2C12CCC2.I. The number of aliphatic imine (C=N–C) groups is 1. The summed E-state index contributed by atoms with van der Waals surface area (Å²) in [5, 5.41) is 7.66. The number of aromatic nitrogens is 1. The van der Waals surface area contributed by atoms with E-state index >= 15 is 0 Å². The van der Waals surface area contributed by atoms with E-state index in [0.717, 1.165) is 25.5 Å². The Morgan fingerprint density at radius 3 is 2.92 bits per heavy atom. The summed E-state index contributed by atoms with van der Waals surface area (Å²) in [4.78, 5) is 8.53. The highest BCUT2D eigenvalue weighted by Crippen LogP contribution is 2.62. The standard InChI is InChI=1S/C18H25ClN4O.HI/c1-20-17(21-9-5-12-3-4-14(19)22-11-12)23-15-13-6-10-24-16(13)18(15)7-2-8-18;/h3-4,11,13,15-16H,2,5-10H2,1H3,(H2,20,21,23);1H. The Morgan fingerprint density at radius 2 is 2.28 bits per heavy atom. The zero-order chi connectivity index (χ0) is 16.6. The molecule has 3 atom stereocenters. The normalized spacial score (nSPS) is 29.2. The molecule has 5 nitrogen and oxygen atoms in total. The summed E-state index contributed by atoms with van der Waals surface area (Å²) in [7, 11) is 1.84. The second-order valence-corrected chi connectivity index (χ2v) is 7.58. The lowest BCUT2D eigenvalue weighted by atomic mass is 9.46. The molecule has 2 heterocycles. The molecule has 4 rings (SSSR count). The minimum atomic E-state index is 0. The summed E-state index contributed by atoms with van der Waals surface area (Å²) < 4.78 is 5.99. The topological polar surface area (TPSA) is 58.5 Å². The van der Waals surface area contributed by atoms with Crippen molar-refractivity contribution >= 4 is 41.5 Å². The molecule has 3 fully saturated rings. The molecule has 1 aromatic rings. The van der Waals surface area contributed by atoms with Crippen LogP contribution in [0.2, 0.25) is 5.15 Å². The minimum absolute atomic E-state index is 0. The monoisotopic (exact) mass is 476 g/mol. The molecule has 1 saturated heterocycles. The summed E-state index contributed by atoms with van der Waals surface area (Å²) in [5.41, 5.74) is 1.55. The van der Waals surface area contributed by atoms with Crippen LogP contribution in [0.5, 0.6) is 0 Å². The van der Waals surface area contributed by atoms with Gasteiger partial charge in [0.2, 0.25) is 0 Å². The second kappa shape index (κ2) is 7.96. The van der Waals surface area contributed by atoms with Crippen LogP contribution in [0.15, 0.2) is 23.3 Å². The van der Waals surface area contributed by atoms with Gasteiger partial charge in [0.15, 0.2) is 5.96 Å². The Hall–Kier alpha value is -0.600. The molecule has 1 aromatic heterocycles. The van der Waals surface area contributed by atoms with E-state index in [0.29, 0.717) is 28.6 Å². The van der Waals surface area contributed by atoms with Gasteiger partial charge in [-0.15, -0.1) is 24.0 Å². The molecule has 0 bridgehead atoms. The van der Waals surface area contributed by atoms with Gasteiger partial charge in [-0.25, -0.2) is 4.98 Å². The highest BCUT2D eigenvalue weighted by molar-refractivity contribution is 14.0. The van der Waals surface area contributed by atoms with Crippen molar-refractivity contribution in [3.63, 3.8) is 0 Å². The predicted molar refractivity (Wildman–Crippen MR) is 111 cm³/mol. The number of guanidine groups is 1. The van der Waals surface area contributed by atoms with Crippen LogP contribution in [-0.2, 0) is 11.2 Å². The number of rotatable bonds is 4. The van der Waals surface area contributed by atoms with Crippen molar-refractivity contribution in [2.24, 2.45) is 16.3 Å². The fraction of sp³-hybridized carbons (Fsp3) is 0.667. The zero-order valence-corrected chi connectivity index (χ0v) is 17.6. The zero-order valence-electron chi connectivity index (χ0n) is 14.5. The Kier molecular flexibility index (Phi) is 6.11. The molecular formula is C18H26ClIN4O. The molecule has 3 unspecified atom stereocenters. The molecule has 0 radical (unpaired) electrons. The quantitative estimate of drug-likeness (QED) is 0.304. The van der Waals surface area contributed by atoms with Crippen LogP contribution in [-0.4, -0.2) is 43.3 Å². The van der Waals surface area contributed by atoms with Gasteiger partial charge in [0.1, 0.15) is 5.15 Å². The molecule has 2 saturated carbocycles. The predicted octanol–water partition coefficient (Wildman–Crippen LogP) is 3.02. The molecule has 2 aliphatic carbocycles. The third kappa shape index (κ3) is 3.49. The smallest absolute Gasteiger partial charge is 0.191 e. The van der Waals surface area contributed by atoms with E-state index in [1.54, 1.807) is 0 Å². The fourth-order valence-corrected chi connectivity index (χ4v) is 4.79. The van der Waals surface area contributed by atoms with Crippen LogP contribution < -0.4 is 10.6 Å². The molecule has 2 N–H and O–H groups in total. The first-order valence-electron chi connectivity index (χ1n) is 8.92. The average Bonchev–Trinajstić information content (AvgIpc) is 2.96. The van der Waals surface area contributed by atoms with E-state index in [2.05, 4.69) is 20.6 Å². The van der Waals surface area contributed by atoms with Crippen LogP contribution in [0, 0.1) is 11.3 Å². The number of hydrogen-bond donors (Lipinski definition) is 2. The summed E-state index contributed by atoms with van der Waals surface area (Å²) >= 11 is 5.82. The van der Waals surface area contributed by atoms with Gasteiger partial charge in [0.25, 0.3) is 0 Å². The van der Waals surface area contributed by atoms with Crippen molar-refractivity contribution in [2.75, 3.05) is 20.2 Å². The van der Waals surface area contributed by atoms with Gasteiger partial charge >= 0.3 is 0 Å². The first-order chi connectivity index (χ1) is 11.7. The van der Waals surface area contributed by atoms with Crippen molar-refractivity contribution in [2.45, 2.75) is 44.2 Å². The van der Waals surface area contributed by atoms with E-state index in [1.807, 2.05) is 25.4 Å². The highest BCUT2D eigenvalue weighted by atomic mass is 127. The van der Waals surface area contributed by atoms with Gasteiger partial charge in [-0.05, 0) is 37.3 Å². The number of fused-ring (bicyclic) bond motifs is 2. The Morgan fingerprint density at radius 1 is 1.44 bits per heavy atom. The van der Waals surface area contributed by atoms with E-state index in [9.17, 15) is 0 Å². The first kappa shape index (κ1) is 19.2. The Balaban J connectivity index is 0.00000182. The lowest BCUT2D eigenvalue weighted by Crippen LogP contribution is -2.72. The van der Waals surface area contributed by atoms with Gasteiger partial charge < -0.3 is 15.4 Å². The van der Waals surface area contributed by atoms with Gasteiger partial charge in [0, 0.05) is 43.8 Å². The molecule has 0 aromatic carbocycles. The molecular weight excluding hydrogens is 451 g/mol. The lowest BCUT2D eigenvalue weighted by Gasteiger charge is -2.63. The van der Waals surface area contributed by atoms with Crippen LogP contribution in [0.25, 0.3) is 0 Å². The molecule has 7 heteroatoms. The summed E-state index contributed by atoms with van der Waals surface area (Å²) in [5.74, 6) is 1.56. The summed E-state index contributed by atoms with van der Waals surface area (Å²) in [6, 6.07) is 4.36. The maximum Gasteiger partial charge on any atom is 0.191 e. The van der Waals surface area contributed by atoms with E-state index in [1.165, 1.54) is 31.2 Å². The van der Waals surface area contributed by atoms with Crippen molar-refractivity contribution in [3.05, 3.63) is 29.0 Å². The number of ether oxygens (including phenoxy) is 1. The van der Waals surface area contributed by atoms with Crippen LogP contribution >= 0.6 is 35.6 Å². The van der Waals surface area contributed by atoms with Gasteiger partial charge in [-0.2, -0.15) is 0 Å². The van der Waals surface area contributed by atoms with Crippen molar-refractivity contribution < 1.29 is 4.74 Å². The van der Waals surface area contributed by atoms with Crippen molar-refractivity contribution in [1.82, 2.24) is 15.6 Å². The van der Waals surface area contributed by atoms with Crippen LogP contribution in [0.1, 0.15) is 31.2 Å². The number of halogens is 2. The largest absolute Gasteiger partial charge is 0.377 e. The minimum Gasteiger partial charge on any atom is -0.377 e. The Labute approximate surface area is 171 Å². The molecule has 1 spiro atoms. The summed E-state index contributed by atoms with van der Waals surface area (Å²) in [6.45, 7) is 1.75. The van der Waals surface area contributed by atoms with Crippen LogP contribution in [0.4, 0.5) is 0 Å². The third-order valence-corrected chi connectivity index (χ3v) is 6.27.